The number of carbonyl (C=O) groups excluding carboxylic acids is 1. The van der Waals surface area contributed by atoms with Gasteiger partial charge in [0.2, 0.25) is 0 Å². The molecule has 28 heavy (non-hydrogen) atoms. The molecular formula is C20H23F3N4O. The first-order valence-electron chi connectivity index (χ1n) is 9.37. The van der Waals surface area contributed by atoms with Crippen molar-refractivity contribution in [1.82, 2.24) is 15.2 Å². The Labute approximate surface area is 161 Å². The highest BCUT2D eigenvalue weighted by atomic mass is 19.4. The van der Waals surface area contributed by atoms with Gasteiger partial charge < -0.3 is 0 Å². The Kier molecular flexibility index (Phi) is 6.16. The molecule has 1 aromatic carbocycles. The van der Waals surface area contributed by atoms with E-state index in [4.69, 9.17) is 0 Å². The monoisotopic (exact) mass is 392 g/mol. The van der Waals surface area contributed by atoms with E-state index in [0.29, 0.717) is 11.6 Å². The molecule has 1 aliphatic carbocycles. The predicted molar refractivity (Wildman–Crippen MR) is 99.9 cm³/mol. The number of aromatic nitrogens is 2. The number of rotatable bonds is 5. The summed E-state index contributed by atoms with van der Waals surface area (Å²) < 4.78 is 38.5. The molecule has 1 fully saturated rings. The van der Waals surface area contributed by atoms with E-state index in [9.17, 15) is 18.0 Å². The number of nitrogens with zero attached hydrogens (tertiary/aromatic N) is 3. The van der Waals surface area contributed by atoms with Crippen molar-refractivity contribution < 1.29 is 18.0 Å². The van der Waals surface area contributed by atoms with Gasteiger partial charge in [-0.15, -0.1) is 0 Å². The topological polar surface area (TPSA) is 59.3 Å². The van der Waals surface area contributed by atoms with Gasteiger partial charge in [-0.2, -0.15) is 23.4 Å². The van der Waals surface area contributed by atoms with Crippen LogP contribution in [-0.2, 0) is 17.5 Å². The minimum atomic E-state index is -4.53. The Morgan fingerprint density at radius 2 is 1.86 bits per heavy atom. The first-order chi connectivity index (χ1) is 13.3. The van der Waals surface area contributed by atoms with Gasteiger partial charge >= 0.3 is 6.18 Å². The van der Waals surface area contributed by atoms with Crippen LogP contribution in [0, 0.1) is 0 Å². The first kappa shape index (κ1) is 20.1. The standard InChI is InChI=1S/C20H23F3N4O/c1-14(15-7-9-17(10-8-15)16-5-3-2-4-6-16)24-25-19(28)13-27-12-11-18(26-27)20(21,22)23/h7-12,16H,2-6,13H2,1H3,(H,25,28)/b24-14+. The molecule has 1 N–H and O–H groups in total. The summed E-state index contributed by atoms with van der Waals surface area (Å²) in [6, 6.07) is 9.01. The molecule has 0 bridgehead atoms. The summed E-state index contributed by atoms with van der Waals surface area (Å²) in [5, 5.41) is 7.39. The van der Waals surface area contributed by atoms with Gasteiger partial charge in [0.1, 0.15) is 6.54 Å². The normalized spacial score (nSPS) is 16.2. The van der Waals surface area contributed by atoms with Crippen LogP contribution in [0.1, 0.15) is 61.8 Å². The maximum atomic E-state index is 12.5. The molecule has 1 heterocycles. The molecule has 0 aliphatic heterocycles. The van der Waals surface area contributed by atoms with Crippen molar-refractivity contribution in [1.29, 1.82) is 0 Å². The van der Waals surface area contributed by atoms with Gasteiger partial charge in [-0.3, -0.25) is 9.48 Å². The van der Waals surface area contributed by atoms with Crippen LogP contribution in [0.25, 0.3) is 0 Å². The Hall–Kier alpha value is -2.64. The van der Waals surface area contributed by atoms with Crippen LogP contribution in [0.2, 0.25) is 0 Å². The number of nitrogens with one attached hydrogen (secondary N) is 1. The molecule has 1 amide bonds. The Morgan fingerprint density at radius 3 is 2.46 bits per heavy atom. The molecule has 0 atom stereocenters. The molecule has 5 nitrogen and oxygen atoms in total. The van der Waals surface area contributed by atoms with Crippen molar-refractivity contribution in [2.45, 2.75) is 57.7 Å². The van der Waals surface area contributed by atoms with Crippen molar-refractivity contribution in [3.05, 3.63) is 53.3 Å². The minimum absolute atomic E-state index is 0.340. The van der Waals surface area contributed by atoms with Gasteiger partial charge in [0.15, 0.2) is 5.69 Å². The molecule has 0 radical (unpaired) electrons. The molecule has 2 aromatic rings. The SMILES string of the molecule is C/C(=N\NC(=O)Cn1ccc(C(F)(F)F)n1)c1ccc(C2CCCCC2)cc1. The Morgan fingerprint density at radius 1 is 1.18 bits per heavy atom. The van der Waals surface area contributed by atoms with Gasteiger partial charge in [-0.25, -0.2) is 5.43 Å². The summed E-state index contributed by atoms with van der Waals surface area (Å²) in [4.78, 5) is 11.9. The lowest BCUT2D eigenvalue weighted by atomic mass is 9.84. The summed E-state index contributed by atoms with van der Waals surface area (Å²) in [5.41, 5.74) is 4.18. The molecule has 8 heteroatoms. The number of carbonyl (C=O) groups is 1. The highest BCUT2D eigenvalue weighted by Gasteiger charge is 2.33. The lowest BCUT2D eigenvalue weighted by Gasteiger charge is -2.22. The van der Waals surface area contributed by atoms with Gasteiger partial charge in [-0.1, -0.05) is 43.5 Å². The molecule has 150 valence electrons. The quantitative estimate of drug-likeness (QED) is 0.602. The minimum Gasteiger partial charge on any atom is -0.271 e. The lowest BCUT2D eigenvalue weighted by Crippen LogP contribution is -2.24. The van der Waals surface area contributed by atoms with E-state index >= 15 is 0 Å². The van der Waals surface area contributed by atoms with Crippen LogP contribution in [0.15, 0.2) is 41.6 Å². The second-order valence-corrected chi connectivity index (χ2v) is 7.09. The summed E-state index contributed by atoms with van der Waals surface area (Å²) in [5.74, 6) is 0.0745. The van der Waals surface area contributed by atoms with Crippen molar-refractivity contribution in [3.63, 3.8) is 0 Å². The molecule has 3 rings (SSSR count). The van der Waals surface area contributed by atoms with E-state index in [-0.39, 0.29) is 6.54 Å². The van der Waals surface area contributed by atoms with E-state index < -0.39 is 17.8 Å². The largest absolute Gasteiger partial charge is 0.435 e. The number of halogens is 3. The highest BCUT2D eigenvalue weighted by molar-refractivity contribution is 5.99. The molecule has 1 aromatic heterocycles. The third kappa shape index (κ3) is 5.21. The third-order valence-electron chi connectivity index (χ3n) is 4.99. The average Bonchev–Trinajstić information content (AvgIpc) is 3.16. The molecule has 1 saturated carbocycles. The van der Waals surface area contributed by atoms with Gasteiger partial charge in [0.05, 0.1) is 5.71 Å². The lowest BCUT2D eigenvalue weighted by molar-refractivity contribution is -0.141. The van der Waals surface area contributed by atoms with Crippen LogP contribution in [0.4, 0.5) is 13.2 Å². The molecule has 1 aliphatic rings. The maximum Gasteiger partial charge on any atom is 0.435 e. The smallest absolute Gasteiger partial charge is 0.271 e. The van der Waals surface area contributed by atoms with Crippen LogP contribution in [0.3, 0.4) is 0 Å². The number of benzene rings is 1. The van der Waals surface area contributed by atoms with Gasteiger partial charge in [-0.05, 0) is 42.9 Å². The summed E-state index contributed by atoms with van der Waals surface area (Å²) in [6.45, 7) is 1.43. The zero-order chi connectivity index (χ0) is 20.1. The van der Waals surface area contributed by atoms with Crippen LogP contribution >= 0.6 is 0 Å². The zero-order valence-electron chi connectivity index (χ0n) is 15.7. The zero-order valence-corrected chi connectivity index (χ0v) is 15.7. The summed E-state index contributed by atoms with van der Waals surface area (Å²) >= 11 is 0. The number of hydrogen-bond acceptors (Lipinski definition) is 3. The van der Waals surface area contributed by atoms with E-state index in [2.05, 4.69) is 27.8 Å². The van der Waals surface area contributed by atoms with E-state index in [0.717, 1.165) is 22.5 Å². The van der Waals surface area contributed by atoms with E-state index in [1.807, 2.05) is 12.1 Å². The average molecular weight is 392 g/mol. The van der Waals surface area contributed by atoms with Crippen molar-refractivity contribution in [2.24, 2.45) is 5.10 Å². The summed E-state index contributed by atoms with van der Waals surface area (Å²) in [6.07, 6.45) is 2.91. The second kappa shape index (κ2) is 8.58. The number of alkyl halides is 3. The Bertz CT molecular complexity index is 834. The summed E-state index contributed by atoms with van der Waals surface area (Å²) in [7, 11) is 0. The van der Waals surface area contributed by atoms with Crippen LogP contribution in [0.5, 0.6) is 0 Å². The maximum absolute atomic E-state index is 12.5. The molecular weight excluding hydrogens is 369 g/mol. The third-order valence-corrected chi connectivity index (χ3v) is 4.99. The highest BCUT2D eigenvalue weighted by Crippen LogP contribution is 2.32. The van der Waals surface area contributed by atoms with E-state index in [1.165, 1.54) is 37.7 Å². The number of amides is 1. The predicted octanol–water partition coefficient (Wildman–Crippen LogP) is 4.49. The van der Waals surface area contributed by atoms with E-state index in [1.54, 1.807) is 6.92 Å². The van der Waals surface area contributed by atoms with Crippen molar-refractivity contribution in [3.8, 4) is 0 Å². The molecule has 0 spiro atoms. The molecule has 0 saturated heterocycles. The van der Waals surface area contributed by atoms with Crippen molar-refractivity contribution in [2.75, 3.05) is 0 Å². The van der Waals surface area contributed by atoms with Crippen LogP contribution in [-0.4, -0.2) is 21.4 Å². The Balaban J connectivity index is 1.56. The molecule has 0 unspecified atom stereocenters. The second-order valence-electron chi connectivity index (χ2n) is 7.09. The fraction of sp³-hybridized carbons (Fsp3) is 0.450. The van der Waals surface area contributed by atoms with Crippen LogP contribution < -0.4 is 5.43 Å². The fourth-order valence-corrected chi connectivity index (χ4v) is 3.43. The fourth-order valence-electron chi connectivity index (χ4n) is 3.43. The van der Waals surface area contributed by atoms with Gasteiger partial charge in [0.25, 0.3) is 5.91 Å². The van der Waals surface area contributed by atoms with Crippen molar-refractivity contribution >= 4 is 11.6 Å². The number of hydrogen-bond donors (Lipinski definition) is 1. The number of hydrazone groups is 1. The first-order valence-corrected chi connectivity index (χ1v) is 9.37. The van der Waals surface area contributed by atoms with Gasteiger partial charge in [0, 0.05) is 6.20 Å².